The van der Waals surface area contributed by atoms with Crippen molar-refractivity contribution < 1.29 is 0 Å². The smallest absolute Gasteiger partial charge is 0.229 e. The summed E-state index contributed by atoms with van der Waals surface area (Å²) in [6, 6.07) is 10.1. The van der Waals surface area contributed by atoms with Gasteiger partial charge in [-0.15, -0.1) is 0 Å². The Morgan fingerprint density at radius 3 is 2.00 bits per heavy atom. The third kappa shape index (κ3) is 2.13. The van der Waals surface area contributed by atoms with Gasteiger partial charge in [0.15, 0.2) is 0 Å². The molecule has 0 bridgehead atoms. The van der Waals surface area contributed by atoms with E-state index in [2.05, 4.69) is 30.6 Å². The zero-order valence-electron chi connectivity index (χ0n) is 11.3. The fraction of sp³-hybridized carbons (Fsp3) is 0.400. The van der Waals surface area contributed by atoms with Crippen molar-refractivity contribution in [3.63, 3.8) is 0 Å². The Morgan fingerprint density at radius 2 is 1.50 bits per heavy atom. The van der Waals surface area contributed by atoms with E-state index in [-0.39, 0.29) is 5.43 Å². The minimum atomic E-state index is 0.199. The molecule has 3 nitrogen and oxygen atoms in total. The first-order valence-corrected chi connectivity index (χ1v) is 6.61. The van der Waals surface area contributed by atoms with Gasteiger partial charge in [0.05, 0.1) is 0 Å². The van der Waals surface area contributed by atoms with Gasteiger partial charge in [0.2, 0.25) is 5.43 Å². The molecule has 96 valence electrons. The zero-order valence-corrected chi connectivity index (χ0v) is 11.3. The van der Waals surface area contributed by atoms with Gasteiger partial charge in [-0.1, -0.05) is 18.2 Å². The van der Waals surface area contributed by atoms with Crippen LogP contribution in [0.3, 0.4) is 0 Å². The summed E-state index contributed by atoms with van der Waals surface area (Å²) in [5.41, 5.74) is 3.05. The molecule has 0 aliphatic heterocycles. The van der Waals surface area contributed by atoms with Crippen molar-refractivity contribution in [2.24, 2.45) is 0 Å². The summed E-state index contributed by atoms with van der Waals surface area (Å²) in [7, 11) is 0. The molecule has 3 heteroatoms. The number of nitrogens with zero attached hydrogens (tertiary/aromatic N) is 2. The Bertz CT molecular complexity index is 507. The van der Waals surface area contributed by atoms with E-state index in [1.54, 1.807) is 0 Å². The Labute approximate surface area is 108 Å². The number of para-hydroxylation sites is 1. The van der Waals surface area contributed by atoms with Gasteiger partial charge in [-0.05, 0) is 32.9 Å². The first-order valence-electron chi connectivity index (χ1n) is 6.61. The summed E-state index contributed by atoms with van der Waals surface area (Å²) in [5.74, 6) is 0. The van der Waals surface area contributed by atoms with Gasteiger partial charge in [0.25, 0.3) is 0 Å². The van der Waals surface area contributed by atoms with Crippen LogP contribution >= 0.6 is 0 Å². The number of hydrogen-bond acceptors (Lipinski definition) is 3. The van der Waals surface area contributed by atoms with Crippen molar-refractivity contribution in [2.45, 2.75) is 20.8 Å². The minimum Gasteiger partial charge on any atom is -0.367 e. The van der Waals surface area contributed by atoms with Gasteiger partial charge in [-0.2, -0.15) is 0 Å². The van der Waals surface area contributed by atoms with Crippen LogP contribution in [0, 0.1) is 0 Å². The average molecular weight is 244 g/mol. The molecule has 2 aromatic carbocycles. The van der Waals surface area contributed by atoms with E-state index in [9.17, 15) is 4.79 Å². The molecule has 2 aromatic rings. The summed E-state index contributed by atoms with van der Waals surface area (Å²) < 4.78 is 0. The summed E-state index contributed by atoms with van der Waals surface area (Å²) >= 11 is 0. The summed E-state index contributed by atoms with van der Waals surface area (Å²) in [5, 5.41) is 0. The maximum atomic E-state index is 12.0. The molecule has 0 atom stereocenters. The van der Waals surface area contributed by atoms with Gasteiger partial charge in [-0.3, -0.25) is 4.79 Å². The topological polar surface area (TPSA) is 23.6 Å². The molecule has 0 radical (unpaired) electrons. The Kier molecular flexibility index (Phi) is 3.70. The molecule has 0 fully saturated rings. The van der Waals surface area contributed by atoms with Crippen molar-refractivity contribution in [2.75, 3.05) is 29.4 Å². The zero-order chi connectivity index (χ0) is 13.1. The van der Waals surface area contributed by atoms with Crippen LogP contribution in [0.15, 0.2) is 35.1 Å². The normalized spacial score (nSPS) is 10.8. The van der Waals surface area contributed by atoms with Crippen LogP contribution in [0.5, 0.6) is 0 Å². The molecule has 0 amide bonds. The predicted molar refractivity (Wildman–Crippen MR) is 77.8 cm³/mol. The second-order valence-corrected chi connectivity index (χ2v) is 4.28. The molecule has 0 aliphatic rings. The molecule has 0 heterocycles. The van der Waals surface area contributed by atoms with Crippen LogP contribution in [0.25, 0.3) is 0 Å². The molecule has 0 N–H and O–H groups in total. The lowest BCUT2D eigenvalue weighted by Crippen LogP contribution is -2.21. The second kappa shape index (κ2) is 5.25. The Balaban J connectivity index is 2.28. The van der Waals surface area contributed by atoms with E-state index < -0.39 is 0 Å². The predicted octanol–water partition coefficient (Wildman–Crippen LogP) is 2.93. The van der Waals surface area contributed by atoms with E-state index >= 15 is 0 Å². The lowest BCUT2D eigenvalue weighted by atomic mass is 10.3. The maximum absolute atomic E-state index is 12.0. The van der Waals surface area contributed by atoms with Crippen LogP contribution in [0.4, 0.5) is 17.1 Å². The first kappa shape index (κ1) is 12.7. The molecular formula is C15H20N2O. The summed E-state index contributed by atoms with van der Waals surface area (Å²) in [4.78, 5) is 16.2. The molecular weight excluding hydrogens is 224 g/mol. The summed E-state index contributed by atoms with van der Waals surface area (Å²) in [6.45, 7) is 8.82. The standard InChI is InChI=1S/C15H20N2O/c1-4-16(5-2)13-14(15(13)18)17(6-3)12-10-8-7-9-11-12/h7-11H,4-6H2,1-3H3. The molecule has 0 saturated carbocycles. The first-order chi connectivity index (χ1) is 8.74. The van der Waals surface area contributed by atoms with E-state index in [1.165, 1.54) is 0 Å². The van der Waals surface area contributed by atoms with Gasteiger partial charge in [0.1, 0.15) is 11.4 Å². The van der Waals surface area contributed by atoms with Gasteiger partial charge < -0.3 is 9.80 Å². The van der Waals surface area contributed by atoms with Gasteiger partial charge >= 0.3 is 0 Å². The number of benzene rings is 1. The van der Waals surface area contributed by atoms with Gasteiger partial charge in [-0.25, -0.2) is 0 Å². The van der Waals surface area contributed by atoms with Crippen LogP contribution in [-0.4, -0.2) is 19.6 Å². The lowest BCUT2D eigenvalue weighted by Gasteiger charge is -2.21. The Hall–Kier alpha value is -1.77. The highest BCUT2D eigenvalue weighted by atomic mass is 16.1. The van der Waals surface area contributed by atoms with Crippen molar-refractivity contribution in [3.05, 3.63) is 40.6 Å². The molecule has 18 heavy (non-hydrogen) atoms. The summed E-state index contributed by atoms with van der Waals surface area (Å²) in [6.07, 6.45) is 0. The van der Waals surface area contributed by atoms with Crippen LogP contribution < -0.4 is 15.2 Å². The van der Waals surface area contributed by atoms with Crippen LogP contribution in [-0.2, 0) is 0 Å². The third-order valence-electron chi connectivity index (χ3n) is 3.33. The fourth-order valence-corrected chi connectivity index (χ4v) is 2.31. The van der Waals surface area contributed by atoms with Gasteiger partial charge in [0, 0.05) is 25.3 Å². The molecule has 0 aliphatic carbocycles. The maximum Gasteiger partial charge on any atom is 0.229 e. The quantitative estimate of drug-likeness (QED) is 0.780. The van der Waals surface area contributed by atoms with Crippen LogP contribution in [0.1, 0.15) is 20.8 Å². The molecule has 0 spiro atoms. The van der Waals surface area contributed by atoms with E-state index in [4.69, 9.17) is 0 Å². The van der Waals surface area contributed by atoms with Crippen molar-refractivity contribution in [1.82, 2.24) is 0 Å². The molecule has 0 unspecified atom stereocenters. The lowest BCUT2D eigenvalue weighted by molar-refractivity contribution is 0.873. The monoisotopic (exact) mass is 244 g/mol. The third-order valence-corrected chi connectivity index (χ3v) is 3.33. The minimum absolute atomic E-state index is 0.199. The van der Waals surface area contributed by atoms with Crippen molar-refractivity contribution in [3.8, 4) is 0 Å². The molecule has 2 rings (SSSR count). The van der Waals surface area contributed by atoms with Crippen molar-refractivity contribution >= 4 is 17.1 Å². The highest BCUT2D eigenvalue weighted by Crippen LogP contribution is 2.36. The highest BCUT2D eigenvalue weighted by Gasteiger charge is 2.31. The Morgan fingerprint density at radius 1 is 0.889 bits per heavy atom. The number of rotatable bonds is 6. The van der Waals surface area contributed by atoms with E-state index in [0.717, 1.165) is 36.7 Å². The molecule has 0 aromatic heterocycles. The van der Waals surface area contributed by atoms with E-state index in [1.807, 2.05) is 30.3 Å². The van der Waals surface area contributed by atoms with E-state index in [0.29, 0.717) is 0 Å². The fourth-order valence-electron chi connectivity index (χ4n) is 2.31. The largest absolute Gasteiger partial charge is 0.367 e. The number of anilines is 3. The number of hydrogen-bond donors (Lipinski definition) is 0. The average Bonchev–Trinajstić information content (AvgIpc) is 3.05. The molecule has 0 saturated heterocycles. The highest BCUT2D eigenvalue weighted by molar-refractivity contribution is 5.89. The SMILES string of the molecule is CCN(CC)c1c(N(CC)c2ccccc2)c1=O. The van der Waals surface area contributed by atoms with Crippen molar-refractivity contribution in [1.29, 1.82) is 0 Å². The second-order valence-electron chi connectivity index (χ2n) is 4.28. The van der Waals surface area contributed by atoms with Crippen LogP contribution in [0.2, 0.25) is 0 Å².